The summed E-state index contributed by atoms with van der Waals surface area (Å²) < 4.78 is 0. The van der Waals surface area contributed by atoms with Gasteiger partial charge in [0.2, 0.25) is 0 Å². The Kier molecular flexibility index (Phi) is 3.68. The molecule has 0 saturated heterocycles. The Labute approximate surface area is 139 Å². The zero-order chi connectivity index (χ0) is 15.8. The van der Waals surface area contributed by atoms with E-state index in [4.69, 9.17) is 4.84 Å². The fraction of sp³-hybridized carbons (Fsp3) is 0.571. The SMILES string of the molecule is Cc1cccc(C#CC2=NOC3(CCC4(CCCC4)CC3)C2)c1. The Morgan fingerprint density at radius 2 is 1.78 bits per heavy atom. The van der Waals surface area contributed by atoms with Crippen LogP contribution in [0.2, 0.25) is 0 Å². The molecule has 1 aromatic carbocycles. The summed E-state index contributed by atoms with van der Waals surface area (Å²) in [7, 11) is 0. The number of hydrogen-bond acceptors (Lipinski definition) is 2. The summed E-state index contributed by atoms with van der Waals surface area (Å²) in [6, 6.07) is 8.31. The highest BCUT2D eigenvalue weighted by atomic mass is 16.7. The lowest BCUT2D eigenvalue weighted by atomic mass is 9.67. The van der Waals surface area contributed by atoms with Crippen LogP contribution < -0.4 is 0 Å². The quantitative estimate of drug-likeness (QED) is 0.618. The highest BCUT2D eigenvalue weighted by Crippen LogP contribution is 2.53. The van der Waals surface area contributed by atoms with Crippen molar-refractivity contribution in [1.29, 1.82) is 0 Å². The van der Waals surface area contributed by atoms with Crippen molar-refractivity contribution in [2.24, 2.45) is 10.6 Å². The van der Waals surface area contributed by atoms with Gasteiger partial charge in [0.25, 0.3) is 0 Å². The van der Waals surface area contributed by atoms with Crippen LogP contribution in [-0.2, 0) is 4.84 Å². The van der Waals surface area contributed by atoms with Gasteiger partial charge in [-0.25, -0.2) is 0 Å². The van der Waals surface area contributed by atoms with Crippen molar-refractivity contribution < 1.29 is 4.84 Å². The van der Waals surface area contributed by atoms with Gasteiger partial charge < -0.3 is 4.84 Å². The van der Waals surface area contributed by atoms with Gasteiger partial charge in [-0.15, -0.1) is 0 Å². The molecule has 0 unspecified atom stereocenters. The van der Waals surface area contributed by atoms with Crippen molar-refractivity contribution in [1.82, 2.24) is 0 Å². The minimum atomic E-state index is -0.0372. The lowest BCUT2D eigenvalue weighted by Gasteiger charge is -2.41. The molecule has 0 radical (unpaired) electrons. The van der Waals surface area contributed by atoms with Crippen molar-refractivity contribution >= 4 is 5.71 Å². The number of hydrogen-bond donors (Lipinski definition) is 0. The molecule has 3 aliphatic rings. The van der Waals surface area contributed by atoms with Crippen LogP contribution in [0, 0.1) is 24.2 Å². The van der Waals surface area contributed by atoms with E-state index in [9.17, 15) is 0 Å². The van der Waals surface area contributed by atoms with E-state index in [1.165, 1.54) is 44.1 Å². The average Bonchev–Trinajstić information content (AvgIpc) is 3.17. The van der Waals surface area contributed by atoms with Gasteiger partial charge in [-0.2, -0.15) is 0 Å². The number of benzene rings is 1. The monoisotopic (exact) mass is 307 g/mol. The van der Waals surface area contributed by atoms with Gasteiger partial charge in [0, 0.05) is 12.0 Å². The van der Waals surface area contributed by atoms with Crippen LogP contribution in [0.4, 0.5) is 0 Å². The molecule has 2 aliphatic carbocycles. The highest BCUT2D eigenvalue weighted by Gasteiger charge is 2.47. The molecule has 23 heavy (non-hydrogen) atoms. The molecule has 2 spiro atoms. The molecule has 2 fully saturated rings. The molecular weight excluding hydrogens is 282 g/mol. The first-order valence-electron chi connectivity index (χ1n) is 9.01. The Hall–Kier alpha value is -1.75. The van der Waals surface area contributed by atoms with Crippen LogP contribution in [0.15, 0.2) is 29.4 Å². The summed E-state index contributed by atoms with van der Waals surface area (Å²) in [4.78, 5) is 5.89. The molecule has 0 N–H and O–H groups in total. The predicted octanol–water partition coefficient (Wildman–Crippen LogP) is 5.00. The standard InChI is InChI=1S/C21H25NO/c1-17-5-4-6-18(15-17)7-8-19-16-21(23-22-19)13-11-20(12-14-21)9-2-3-10-20/h4-6,15H,2-3,9-14,16H2,1H3. The first kappa shape index (κ1) is 14.8. The summed E-state index contributed by atoms with van der Waals surface area (Å²) in [5.41, 5.74) is 3.83. The van der Waals surface area contributed by atoms with E-state index >= 15 is 0 Å². The zero-order valence-electron chi connectivity index (χ0n) is 14.0. The minimum Gasteiger partial charge on any atom is -0.388 e. The van der Waals surface area contributed by atoms with E-state index in [0.717, 1.165) is 30.5 Å². The third kappa shape index (κ3) is 3.02. The lowest BCUT2D eigenvalue weighted by molar-refractivity contribution is -0.0701. The smallest absolute Gasteiger partial charge is 0.144 e. The fourth-order valence-corrected chi connectivity index (χ4v) is 4.58. The highest BCUT2D eigenvalue weighted by molar-refractivity contribution is 6.01. The van der Waals surface area contributed by atoms with Gasteiger partial charge in [0.15, 0.2) is 0 Å². The Bertz CT molecular complexity index is 675. The molecule has 2 heteroatoms. The number of rotatable bonds is 0. The first-order valence-corrected chi connectivity index (χ1v) is 9.01. The number of nitrogens with zero attached hydrogens (tertiary/aromatic N) is 1. The van der Waals surface area contributed by atoms with Crippen molar-refractivity contribution in [3.63, 3.8) is 0 Å². The summed E-state index contributed by atoms with van der Waals surface area (Å²) in [5.74, 6) is 6.47. The van der Waals surface area contributed by atoms with Crippen LogP contribution in [0.25, 0.3) is 0 Å². The Morgan fingerprint density at radius 1 is 1.00 bits per heavy atom. The van der Waals surface area contributed by atoms with E-state index in [-0.39, 0.29) is 5.60 Å². The summed E-state index contributed by atoms with van der Waals surface area (Å²) in [5, 5.41) is 4.31. The number of oxime groups is 1. The van der Waals surface area contributed by atoms with Crippen molar-refractivity contribution in [3.8, 4) is 11.8 Å². The normalized spacial score (nSPS) is 24.1. The molecule has 120 valence electrons. The molecule has 4 rings (SSSR count). The van der Waals surface area contributed by atoms with Crippen LogP contribution in [0.3, 0.4) is 0 Å². The van der Waals surface area contributed by atoms with Gasteiger partial charge in [0.1, 0.15) is 11.3 Å². The first-order chi connectivity index (χ1) is 11.2. The van der Waals surface area contributed by atoms with E-state index < -0.39 is 0 Å². The van der Waals surface area contributed by atoms with Crippen molar-refractivity contribution in [3.05, 3.63) is 35.4 Å². The zero-order valence-corrected chi connectivity index (χ0v) is 14.0. The Morgan fingerprint density at radius 3 is 2.52 bits per heavy atom. The lowest BCUT2D eigenvalue weighted by Crippen LogP contribution is -2.38. The third-order valence-corrected chi connectivity index (χ3v) is 6.09. The van der Waals surface area contributed by atoms with E-state index in [1.54, 1.807) is 0 Å². The molecular formula is C21H25NO. The largest absolute Gasteiger partial charge is 0.388 e. The molecule has 0 aromatic heterocycles. The van der Waals surface area contributed by atoms with E-state index in [2.05, 4.69) is 48.2 Å². The summed E-state index contributed by atoms with van der Waals surface area (Å²) >= 11 is 0. The van der Waals surface area contributed by atoms with Gasteiger partial charge in [0.05, 0.1) is 0 Å². The van der Waals surface area contributed by atoms with Gasteiger partial charge in [-0.05, 0) is 74.5 Å². The minimum absolute atomic E-state index is 0.0372. The molecule has 0 amide bonds. The van der Waals surface area contributed by atoms with Crippen molar-refractivity contribution in [2.75, 3.05) is 0 Å². The van der Waals surface area contributed by atoms with Gasteiger partial charge in [-0.3, -0.25) is 0 Å². The molecule has 0 bridgehead atoms. The molecule has 1 aromatic rings. The molecule has 0 atom stereocenters. The molecule has 2 nitrogen and oxygen atoms in total. The molecule has 2 saturated carbocycles. The summed E-state index contributed by atoms with van der Waals surface area (Å²) in [6.45, 7) is 2.09. The Balaban J connectivity index is 1.40. The fourth-order valence-electron chi connectivity index (χ4n) is 4.58. The van der Waals surface area contributed by atoms with E-state index in [0.29, 0.717) is 5.41 Å². The third-order valence-electron chi connectivity index (χ3n) is 6.09. The maximum Gasteiger partial charge on any atom is 0.144 e. The number of aryl methyl sites for hydroxylation is 1. The van der Waals surface area contributed by atoms with Crippen LogP contribution >= 0.6 is 0 Å². The summed E-state index contributed by atoms with van der Waals surface area (Å²) in [6.07, 6.45) is 11.6. The van der Waals surface area contributed by atoms with Crippen LogP contribution in [-0.4, -0.2) is 11.3 Å². The second-order valence-electron chi connectivity index (χ2n) is 7.82. The van der Waals surface area contributed by atoms with Crippen LogP contribution in [0.5, 0.6) is 0 Å². The second-order valence-corrected chi connectivity index (χ2v) is 7.82. The van der Waals surface area contributed by atoms with Gasteiger partial charge >= 0.3 is 0 Å². The van der Waals surface area contributed by atoms with Crippen molar-refractivity contribution in [2.45, 2.75) is 70.3 Å². The van der Waals surface area contributed by atoms with E-state index in [1.807, 2.05) is 0 Å². The maximum absolute atomic E-state index is 5.89. The van der Waals surface area contributed by atoms with Gasteiger partial charge in [-0.1, -0.05) is 36.1 Å². The molecule has 1 aliphatic heterocycles. The molecule has 1 heterocycles. The predicted molar refractivity (Wildman–Crippen MR) is 93.3 cm³/mol. The van der Waals surface area contributed by atoms with Crippen LogP contribution in [0.1, 0.15) is 68.9 Å². The average molecular weight is 307 g/mol. The maximum atomic E-state index is 5.89. The second kappa shape index (κ2) is 5.71. The topological polar surface area (TPSA) is 21.6 Å².